The maximum absolute atomic E-state index is 13.1. The Morgan fingerprint density at radius 1 is 1.12 bits per heavy atom. The molecule has 0 radical (unpaired) electrons. The van der Waals surface area contributed by atoms with Crippen LogP contribution in [0.1, 0.15) is 21.5 Å². The number of benzene rings is 1. The fourth-order valence-corrected chi connectivity index (χ4v) is 3.17. The number of pyridine rings is 1. The predicted octanol–water partition coefficient (Wildman–Crippen LogP) is 5.99. The van der Waals surface area contributed by atoms with Gasteiger partial charge in [-0.1, -0.05) is 46.4 Å². The Balaban J connectivity index is 2.36. The van der Waals surface area contributed by atoms with Gasteiger partial charge >= 0.3 is 6.18 Å². The third-order valence-electron chi connectivity index (χ3n) is 3.25. The van der Waals surface area contributed by atoms with Gasteiger partial charge in [0.2, 0.25) is 0 Å². The van der Waals surface area contributed by atoms with Crippen molar-refractivity contribution in [3.05, 3.63) is 61.3 Å². The Hall–Kier alpha value is -1.21. The van der Waals surface area contributed by atoms with E-state index in [1.165, 1.54) is 19.2 Å². The van der Waals surface area contributed by atoms with Gasteiger partial charge in [0.25, 0.3) is 5.91 Å². The van der Waals surface area contributed by atoms with Crippen LogP contribution in [0.15, 0.2) is 24.4 Å². The van der Waals surface area contributed by atoms with Crippen molar-refractivity contribution in [3.8, 4) is 0 Å². The number of hydrogen-bond donors (Lipinski definition) is 0. The molecule has 0 aliphatic rings. The van der Waals surface area contributed by atoms with E-state index in [-0.39, 0.29) is 21.7 Å². The summed E-state index contributed by atoms with van der Waals surface area (Å²) in [6.45, 7) is -0.117. The summed E-state index contributed by atoms with van der Waals surface area (Å²) in [5.74, 6) is -0.904. The van der Waals surface area contributed by atoms with Gasteiger partial charge in [-0.15, -0.1) is 0 Å². The van der Waals surface area contributed by atoms with Crippen LogP contribution < -0.4 is 0 Å². The highest BCUT2D eigenvalue weighted by Crippen LogP contribution is 2.34. The summed E-state index contributed by atoms with van der Waals surface area (Å²) >= 11 is 23.4. The summed E-state index contributed by atoms with van der Waals surface area (Å²) in [5, 5.41) is 0.328. The summed E-state index contributed by atoms with van der Waals surface area (Å²) < 4.78 is 39.4. The summed E-state index contributed by atoms with van der Waals surface area (Å²) in [6.07, 6.45) is -3.97. The molecule has 0 bridgehead atoms. The molecule has 1 heterocycles. The lowest BCUT2D eigenvalue weighted by atomic mass is 10.1. The number of amides is 1. The van der Waals surface area contributed by atoms with Gasteiger partial charge in [-0.3, -0.25) is 4.79 Å². The lowest BCUT2D eigenvalue weighted by Gasteiger charge is -2.21. The molecule has 2 rings (SSSR count). The maximum atomic E-state index is 13.1. The Morgan fingerprint density at radius 2 is 1.68 bits per heavy atom. The van der Waals surface area contributed by atoms with E-state index < -0.39 is 23.2 Å². The van der Waals surface area contributed by atoms with E-state index in [1.807, 2.05) is 0 Å². The zero-order chi connectivity index (χ0) is 18.9. The van der Waals surface area contributed by atoms with Gasteiger partial charge in [-0.2, -0.15) is 13.2 Å². The van der Waals surface area contributed by atoms with E-state index in [0.29, 0.717) is 16.7 Å². The number of aromatic nitrogens is 1. The highest BCUT2D eigenvalue weighted by Gasteiger charge is 2.36. The van der Waals surface area contributed by atoms with Crippen LogP contribution >= 0.6 is 46.4 Å². The molecule has 1 aromatic carbocycles. The Labute approximate surface area is 161 Å². The molecule has 0 spiro atoms. The normalized spacial score (nSPS) is 11.5. The van der Waals surface area contributed by atoms with E-state index in [2.05, 4.69) is 4.98 Å². The van der Waals surface area contributed by atoms with Crippen molar-refractivity contribution < 1.29 is 18.0 Å². The van der Waals surface area contributed by atoms with Crippen molar-refractivity contribution in [3.63, 3.8) is 0 Å². The van der Waals surface area contributed by atoms with Crippen LogP contribution in [0.2, 0.25) is 20.2 Å². The molecule has 1 aromatic heterocycles. The van der Waals surface area contributed by atoms with Gasteiger partial charge in [0, 0.05) is 40.4 Å². The van der Waals surface area contributed by atoms with Gasteiger partial charge in [-0.25, -0.2) is 4.98 Å². The zero-order valence-electron chi connectivity index (χ0n) is 12.5. The number of alkyl halides is 3. The van der Waals surface area contributed by atoms with Crippen LogP contribution in [0.4, 0.5) is 13.2 Å². The van der Waals surface area contributed by atoms with Crippen LogP contribution in [0.25, 0.3) is 0 Å². The lowest BCUT2D eigenvalue weighted by Crippen LogP contribution is -2.29. The van der Waals surface area contributed by atoms with Gasteiger partial charge in [0.1, 0.15) is 5.15 Å². The van der Waals surface area contributed by atoms with Gasteiger partial charge in [-0.05, 0) is 18.2 Å². The fourth-order valence-electron chi connectivity index (χ4n) is 2.07. The molecule has 2 aromatic rings. The topological polar surface area (TPSA) is 33.2 Å². The zero-order valence-corrected chi connectivity index (χ0v) is 15.5. The monoisotopic (exact) mass is 430 g/mol. The van der Waals surface area contributed by atoms with E-state index in [1.54, 1.807) is 0 Å². The number of hydrogen-bond acceptors (Lipinski definition) is 2. The SMILES string of the molecule is CN(Cc1c(Cl)cc(Cl)cc1Cl)C(=O)c1cnc(Cl)cc1C(F)(F)F. The van der Waals surface area contributed by atoms with E-state index in [0.717, 1.165) is 11.1 Å². The molecule has 0 saturated heterocycles. The van der Waals surface area contributed by atoms with Crippen molar-refractivity contribution in [2.45, 2.75) is 12.7 Å². The van der Waals surface area contributed by atoms with Crippen molar-refractivity contribution in [2.24, 2.45) is 0 Å². The average Bonchev–Trinajstić information content (AvgIpc) is 2.49. The van der Waals surface area contributed by atoms with Crippen molar-refractivity contribution in [1.29, 1.82) is 0 Å². The highest BCUT2D eigenvalue weighted by atomic mass is 35.5. The minimum absolute atomic E-state index is 0.117. The van der Waals surface area contributed by atoms with Crippen molar-refractivity contribution in [1.82, 2.24) is 9.88 Å². The molecule has 0 aliphatic heterocycles. The summed E-state index contributed by atoms with van der Waals surface area (Å²) in [4.78, 5) is 17.0. The molecule has 3 nitrogen and oxygen atoms in total. The summed E-state index contributed by atoms with van der Waals surface area (Å²) in [7, 11) is 1.32. The quantitative estimate of drug-likeness (QED) is 0.559. The molecule has 0 unspecified atom stereocenters. The standard InChI is InChI=1S/C15H9Cl4F3N2O/c1-24(6-9-11(17)2-7(16)3-12(9)18)14(25)8-5-23-13(19)4-10(8)15(20,21)22/h2-5H,6H2,1H3. The molecule has 134 valence electrons. The van der Waals surface area contributed by atoms with Gasteiger partial charge in [0.15, 0.2) is 0 Å². The minimum atomic E-state index is -4.76. The highest BCUT2D eigenvalue weighted by molar-refractivity contribution is 6.39. The first kappa shape index (κ1) is 20.1. The predicted molar refractivity (Wildman–Crippen MR) is 91.5 cm³/mol. The van der Waals surface area contributed by atoms with Crippen LogP contribution in [0.3, 0.4) is 0 Å². The van der Waals surface area contributed by atoms with Crippen molar-refractivity contribution in [2.75, 3.05) is 7.05 Å². The van der Waals surface area contributed by atoms with Gasteiger partial charge in [0.05, 0.1) is 11.1 Å². The van der Waals surface area contributed by atoms with E-state index in [4.69, 9.17) is 46.4 Å². The molecule has 25 heavy (non-hydrogen) atoms. The molecular weight excluding hydrogens is 423 g/mol. The molecular formula is C15H9Cl4F3N2O. The number of halogens is 7. The fraction of sp³-hybridized carbons (Fsp3) is 0.200. The first-order valence-electron chi connectivity index (χ1n) is 6.62. The Kier molecular flexibility index (Phi) is 6.09. The molecule has 0 N–H and O–H groups in total. The summed E-state index contributed by atoms with van der Waals surface area (Å²) in [5.41, 5.74) is -1.43. The smallest absolute Gasteiger partial charge is 0.337 e. The minimum Gasteiger partial charge on any atom is -0.337 e. The second-order valence-corrected chi connectivity index (χ2v) is 6.70. The second-order valence-electron chi connectivity index (χ2n) is 5.06. The first-order valence-corrected chi connectivity index (χ1v) is 8.13. The average molecular weight is 432 g/mol. The third-order valence-corrected chi connectivity index (χ3v) is 4.35. The summed E-state index contributed by atoms with van der Waals surface area (Å²) in [6, 6.07) is 3.45. The molecule has 10 heteroatoms. The van der Waals surface area contributed by atoms with E-state index in [9.17, 15) is 18.0 Å². The van der Waals surface area contributed by atoms with Crippen LogP contribution in [-0.4, -0.2) is 22.8 Å². The number of nitrogens with zero attached hydrogens (tertiary/aromatic N) is 2. The van der Waals surface area contributed by atoms with Crippen LogP contribution in [0.5, 0.6) is 0 Å². The largest absolute Gasteiger partial charge is 0.417 e. The molecule has 1 amide bonds. The van der Waals surface area contributed by atoms with Gasteiger partial charge < -0.3 is 4.90 Å². The molecule has 0 atom stereocenters. The van der Waals surface area contributed by atoms with Crippen LogP contribution in [-0.2, 0) is 12.7 Å². The third kappa shape index (κ3) is 4.70. The molecule has 0 fully saturated rings. The van der Waals surface area contributed by atoms with Crippen LogP contribution in [0, 0.1) is 0 Å². The number of rotatable bonds is 3. The van der Waals surface area contributed by atoms with Crippen molar-refractivity contribution >= 4 is 52.3 Å². The van der Waals surface area contributed by atoms with E-state index >= 15 is 0 Å². The maximum Gasteiger partial charge on any atom is 0.417 e. The molecule has 0 saturated carbocycles. The Morgan fingerprint density at radius 3 is 2.20 bits per heavy atom. The number of carbonyl (C=O) groups is 1. The first-order chi connectivity index (χ1) is 11.5. The lowest BCUT2D eigenvalue weighted by molar-refractivity contribution is -0.138. The number of carbonyl (C=O) groups excluding carboxylic acids is 1. The Bertz CT molecular complexity index is 804. The molecule has 0 aliphatic carbocycles. The second kappa shape index (κ2) is 7.58.